The Kier molecular flexibility index (Phi) is 5.91. The first-order chi connectivity index (χ1) is 12.2. The number of hydrogen-bond donors (Lipinski definition) is 2. The van der Waals surface area contributed by atoms with Crippen molar-refractivity contribution in [2.24, 2.45) is 0 Å². The third-order valence-corrected chi connectivity index (χ3v) is 4.64. The molecule has 2 N–H and O–H groups in total. The molecular weight excluding hydrogens is 318 g/mol. The van der Waals surface area contributed by atoms with E-state index in [2.05, 4.69) is 5.32 Å². The Bertz CT molecular complexity index is 671. The number of morpholine rings is 1. The molecule has 1 aliphatic rings. The zero-order chi connectivity index (χ0) is 17.6. The highest BCUT2D eigenvalue weighted by Gasteiger charge is 2.34. The molecule has 134 valence electrons. The monoisotopic (exact) mass is 343 g/mol. The Morgan fingerprint density at radius 1 is 1.12 bits per heavy atom. The van der Waals surface area contributed by atoms with Crippen molar-refractivity contribution in [3.05, 3.63) is 59.7 Å². The van der Waals surface area contributed by atoms with Crippen LogP contribution in [0.5, 0.6) is 11.5 Å². The van der Waals surface area contributed by atoms with Gasteiger partial charge in [-0.1, -0.05) is 30.3 Å². The van der Waals surface area contributed by atoms with Crippen LogP contribution < -0.4 is 14.8 Å². The topological polar surface area (TPSA) is 60.0 Å². The Morgan fingerprint density at radius 3 is 2.56 bits per heavy atom. The van der Waals surface area contributed by atoms with E-state index in [0.29, 0.717) is 30.2 Å². The van der Waals surface area contributed by atoms with Gasteiger partial charge in [0.05, 0.1) is 33.0 Å². The molecule has 5 heteroatoms. The van der Waals surface area contributed by atoms with Gasteiger partial charge in [-0.2, -0.15) is 0 Å². The fourth-order valence-electron chi connectivity index (χ4n) is 3.36. The van der Waals surface area contributed by atoms with Crippen molar-refractivity contribution in [3.63, 3.8) is 0 Å². The zero-order valence-corrected chi connectivity index (χ0v) is 14.6. The molecule has 1 fully saturated rings. The van der Waals surface area contributed by atoms with Crippen LogP contribution in [0.4, 0.5) is 0 Å². The van der Waals surface area contributed by atoms with Crippen molar-refractivity contribution in [2.75, 3.05) is 33.9 Å². The van der Waals surface area contributed by atoms with E-state index in [1.165, 1.54) is 0 Å². The predicted octanol–water partition coefficient (Wildman–Crippen LogP) is 2.51. The Balaban J connectivity index is 2.00. The quantitative estimate of drug-likeness (QED) is 0.844. The molecule has 0 aliphatic carbocycles. The van der Waals surface area contributed by atoms with Crippen molar-refractivity contribution in [2.45, 2.75) is 18.1 Å². The summed E-state index contributed by atoms with van der Waals surface area (Å²) >= 11 is 0. The highest BCUT2D eigenvalue weighted by molar-refractivity contribution is 5.43. The van der Waals surface area contributed by atoms with Crippen LogP contribution in [0.15, 0.2) is 48.5 Å². The van der Waals surface area contributed by atoms with Gasteiger partial charge in [0.25, 0.3) is 0 Å². The van der Waals surface area contributed by atoms with Gasteiger partial charge in [0, 0.05) is 24.6 Å². The van der Waals surface area contributed by atoms with Crippen LogP contribution in [-0.2, 0) is 4.74 Å². The maximum atomic E-state index is 11.3. The molecule has 3 rings (SSSR count). The summed E-state index contributed by atoms with van der Waals surface area (Å²) in [5.74, 6) is 1.11. The van der Waals surface area contributed by atoms with Crippen LogP contribution >= 0.6 is 0 Å². The Hall–Kier alpha value is -2.08. The van der Waals surface area contributed by atoms with Crippen LogP contribution in [0.3, 0.4) is 0 Å². The molecule has 1 heterocycles. The van der Waals surface area contributed by atoms with E-state index >= 15 is 0 Å². The van der Waals surface area contributed by atoms with Crippen molar-refractivity contribution in [1.82, 2.24) is 5.32 Å². The second-order valence-electron chi connectivity index (χ2n) is 6.10. The summed E-state index contributed by atoms with van der Waals surface area (Å²) in [5.41, 5.74) is 1.73. The molecule has 0 amide bonds. The molecule has 2 aromatic carbocycles. The summed E-state index contributed by atoms with van der Waals surface area (Å²) in [6.07, 6.45) is -0.903. The average Bonchev–Trinajstić information content (AvgIpc) is 2.69. The Labute approximate surface area is 148 Å². The molecule has 1 aliphatic heterocycles. The molecule has 0 aromatic heterocycles. The lowest BCUT2D eigenvalue weighted by atomic mass is 9.84. The van der Waals surface area contributed by atoms with Gasteiger partial charge in [-0.3, -0.25) is 0 Å². The molecule has 0 saturated carbocycles. The van der Waals surface area contributed by atoms with Gasteiger partial charge in [-0.15, -0.1) is 0 Å². The molecule has 5 nitrogen and oxygen atoms in total. The second-order valence-corrected chi connectivity index (χ2v) is 6.10. The van der Waals surface area contributed by atoms with Gasteiger partial charge in [0.1, 0.15) is 11.5 Å². The summed E-state index contributed by atoms with van der Waals surface area (Å²) in [4.78, 5) is 0. The lowest BCUT2D eigenvalue weighted by molar-refractivity contribution is -0.0242. The van der Waals surface area contributed by atoms with Crippen molar-refractivity contribution < 1.29 is 19.3 Å². The van der Waals surface area contributed by atoms with Crippen molar-refractivity contribution in [3.8, 4) is 11.5 Å². The maximum absolute atomic E-state index is 11.3. The molecular formula is C20H25NO4. The van der Waals surface area contributed by atoms with Gasteiger partial charge in [0.2, 0.25) is 0 Å². The van der Waals surface area contributed by atoms with Crippen LogP contribution in [0.25, 0.3) is 0 Å². The number of benzene rings is 2. The summed E-state index contributed by atoms with van der Waals surface area (Å²) in [5, 5.41) is 14.6. The van der Waals surface area contributed by atoms with E-state index in [-0.39, 0.29) is 12.0 Å². The van der Waals surface area contributed by atoms with Crippen LogP contribution in [-0.4, -0.2) is 45.1 Å². The van der Waals surface area contributed by atoms with Crippen molar-refractivity contribution >= 4 is 0 Å². The lowest BCUT2D eigenvalue weighted by Crippen LogP contribution is -2.43. The SMILES string of the molecule is COc1ccc(OC)c(C(O)C(c2ccccc2)C2CNCCO2)c1. The van der Waals surface area contributed by atoms with E-state index in [4.69, 9.17) is 14.2 Å². The fraction of sp³-hybridized carbons (Fsp3) is 0.400. The first-order valence-electron chi connectivity index (χ1n) is 8.52. The van der Waals surface area contributed by atoms with Crippen LogP contribution in [0.2, 0.25) is 0 Å². The summed E-state index contributed by atoms with van der Waals surface area (Å²) in [7, 11) is 3.22. The van der Waals surface area contributed by atoms with E-state index in [1.54, 1.807) is 14.2 Å². The van der Waals surface area contributed by atoms with E-state index < -0.39 is 6.10 Å². The van der Waals surface area contributed by atoms with Crippen LogP contribution in [0, 0.1) is 0 Å². The van der Waals surface area contributed by atoms with Gasteiger partial charge >= 0.3 is 0 Å². The number of nitrogens with one attached hydrogen (secondary N) is 1. The standard InChI is InChI=1S/C20H25NO4/c1-23-15-8-9-17(24-2)16(12-15)20(22)19(14-6-4-3-5-7-14)18-13-21-10-11-25-18/h3-9,12,18-22H,10-11,13H2,1-2H3. The Morgan fingerprint density at radius 2 is 1.92 bits per heavy atom. The molecule has 3 atom stereocenters. The number of methoxy groups -OCH3 is 2. The van der Waals surface area contributed by atoms with E-state index in [9.17, 15) is 5.11 Å². The van der Waals surface area contributed by atoms with Gasteiger partial charge < -0.3 is 24.6 Å². The van der Waals surface area contributed by atoms with E-state index in [0.717, 1.165) is 12.1 Å². The first-order valence-corrected chi connectivity index (χ1v) is 8.52. The molecule has 2 aromatic rings. The third kappa shape index (κ3) is 3.95. The molecule has 3 unspecified atom stereocenters. The number of aliphatic hydroxyl groups excluding tert-OH is 1. The normalized spacial score (nSPS) is 19.9. The van der Waals surface area contributed by atoms with Gasteiger partial charge in [-0.05, 0) is 23.8 Å². The minimum Gasteiger partial charge on any atom is -0.497 e. The second kappa shape index (κ2) is 8.34. The number of ether oxygens (including phenoxy) is 3. The fourth-order valence-corrected chi connectivity index (χ4v) is 3.36. The summed E-state index contributed by atoms with van der Waals surface area (Å²) in [6, 6.07) is 15.5. The molecule has 0 spiro atoms. The van der Waals surface area contributed by atoms with E-state index in [1.807, 2.05) is 48.5 Å². The molecule has 1 saturated heterocycles. The zero-order valence-electron chi connectivity index (χ0n) is 14.6. The molecule has 25 heavy (non-hydrogen) atoms. The lowest BCUT2D eigenvalue weighted by Gasteiger charge is -2.35. The average molecular weight is 343 g/mol. The number of rotatable bonds is 6. The largest absolute Gasteiger partial charge is 0.497 e. The molecule has 0 bridgehead atoms. The smallest absolute Gasteiger partial charge is 0.124 e. The highest BCUT2D eigenvalue weighted by atomic mass is 16.5. The van der Waals surface area contributed by atoms with Crippen molar-refractivity contribution in [1.29, 1.82) is 0 Å². The highest BCUT2D eigenvalue weighted by Crippen LogP contribution is 2.40. The number of hydrogen-bond acceptors (Lipinski definition) is 5. The minimum absolute atomic E-state index is 0.123. The summed E-state index contributed by atoms with van der Waals surface area (Å²) in [6.45, 7) is 2.16. The van der Waals surface area contributed by atoms with Gasteiger partial charge in [0.15, 0.2) is 0 Å². The molecule has 0 radical (unpaired) electrons. The van der Waals surface area contributed by atoms with Crippen LogP contribution in [0.1, 0.15) is 23.1 Å². The number of aliphatic hydroxyl groups is 1. The summed E-state index contributed by atoms with van der Waals surface area (Å²) < 4.78 is 16.8. The maximum Gasteiger partial charge on any atom is 0.124 e. The van der Waals surface area contributed by atoms with Gasteiger partial charge in [-0.25, -0.2) is 0 Å². The predicted molar refractivity (Wildman–Crippen MR) is 96.3 cm³/mol. The first kappa shape index (κ1) is 17.7. The third-order valence-electron chi connectivity index (χ3n) is 4.64. The minimum atomic E-state index is -0.780.